The number of carboxylic acid groups (broad SMARTS) is 1. The Labute approximate surface area is 80.8 Å². The lowest BCUT2D eigenvalue weighted by molar-refractivity contribution is -0.140. The predicted molar refractivity (Wildman–Crippen MR) is 47.8 cm³/mol. The lowest BCUT2D eigenvalue weighted by atomic mass is 9.99. The van der Waals surface area contributed by atoms with Gasteiger partial charge < -0.3 is 5.11 Å². The molecule has 0 saturated carbocycles. The molecule has 0 fully saturated rings. The molecule has 0 aliphatic carbocycles. The summed E-state index contributed by atoms with van der Waals surface area (Å²) >= 11 is 0. The number of hydrogen-bond acceptors (Lipinski definition) is 4. The fourth-order valence-electron chi connectivity index (χ4n) is 1.09. The van der Waals surface area contributed by atoms with Crippen LogP contribution in [-0.2, 0) is 4.79 Å². The number of carboxylic acids is 1. The van der Waals surface area contributed by atoms with Crippen molar-refractivity contribution in [1.29, 1.82) is 0 Å². The van der Waals surface area contributed by atoms with Gasteiger partial charge in [0.25, 0.3) is 0 Å². The second-order valence-corrected chi connectivity index (χ2v) is 2.76. The molecular formula is C9H10N2O3. The molecule has 1 N–H and O–H groups in total. The molecule has 14 heavy (non-hydrogen) atoms. The Hall–Kier alpha value is -1.78. The van der Waals surface area contributed by atoms with Gasteiger partial charge >= 0.3 is 5.97 Å². The van der Waals surface area contributed by atoms with Crippen LogP contribution in [0.4, 0.5) is 0 Å². The van der Waals surface area contributed by atoms with Crippen LogP contribution in [0.3, 0.4) is 0 Å². The highest BCUT2D eigenvalue weighted by molar-refractivity contribution is 6.06. The van der Waals surface area contributed by atoms with Gasteiger partial charge in [-0.1, -0.05) is 6.92 Å². The normalized spacial score (nSPS) is 12.1. The molecule has 5 heteroatoms. The molecule has 1 unspecified atom stereocenters. The Balaban J connectivity index is 2.89. The SMILES string of the molecule is CCC(C(=O)O)C(=O)c1ccncn1. The van der Waals surface area contributed by atoms with Crippen LogP contribution in [0, 0.1) is 5.92 Å². The van der Waals surface area contributed by atoms with Crippen molar-refractivity contribution < 1.29 is 14.7 Å². The van der Waals surface area contributed by atoms with E-state index < -0.39 is 17.7 Å². The standard InChI is InChI=1S/C9H10N2O3/c1-2-6(9(13)14)8(12)7-3-4-10-5-11-7/h3-6H,2H2,1H3,(H,13,14). The summed E-state index contributed by atoms with van der Waals surface area (Å²) in [4.78, 5) is 29.6. The van der Waals surface area contributed by atoms with Crippen molar-refractivity contribution >= 4 is 11.8 Å². The summed E-state index contributed by atoms with van der Waals surface area (Å²) in [6.45, 7) is 1.65. The summed E-state index contributed by atoms with van der Waals surface area (Å²) in [5, 5.41) is 8.74. The van der Waals surface area contributed by atoms with E-state index in [1.165, 1.54) is 18.6 Å². The Bertz CT molecular complexity index is 337. The van der Waals surface area contributed by atoms with Gasteiger partial charge in [-0.05, 0) is 12.5 Å². The average molecular weight is 194 g/mol. The third-order valence-corrected chi connectivity index (χ3v) is 1.86. The maximum absolute atomic E-state index is 11.5. The van der Waals surface area contributed by atoms with Crippen LogP contribution >= 0.6 is 0 Å². The highest BCUT2D eigenvalue weighted by atomic mass is 16.4. The Morgan fingerprint density at radius 2 is 2.29 bits per heavy atom. The van der Waals surface area contributed by atoms with Crippen molar-refractivity contribution in [3.63, 3.8) is 0 Å². The molecule has 0 amide bonds. The first-order valence-corrected chi connectivity index (χ1v) is 4.19. The Morgan fingerprint density at radius 1 is 1.57 bits per heavy atom. The number of Topliss-reactive ketones (excluding diaryl/α,β-unsaturated/α-hetero) is 1. The molecule has 1 aromatic rings. The van der Waals surface area contributed by atoms with E-state index in [9.17, 15) is 9.59 Å². The maximum Gasteiger partial charge on any atom is 0.314 e. The van der Waals surface area contributed by atoms with Crippen LogP contribution in [0.5, 0.6) is 0 Å². The molecule has 1 aromatic heterocycles. The monoisotopic (exact) mass is 194 g/mol. The molecule has 0 saturated heterocycles. The fraction of sp³-hybridized carbons (Fsp3) is 0.333. The lowest BCUT2D eigenvalue weighted by Crippen LogP contribution is -2.23. The number of aliphatic carboxylic acids is 1. The molecule has 1 heterocycles. The van der Waals surface area contributed by atoms with Gasteiger partial charge in [0.15, 0.2) is 5.78 Å². The largest absolute Gasteiger partial charge is 0.481 e. The van der Waals surface area contributed by atoms with E-state index in [4.69, 9.17) is 5.11 Å². The second-order valence-electron chi connectivity index (χ2n) is 2.76. The van der Waals surface area contributed by atoms with E-state index in [0.717, 1.165) is 0 Å². The molecule has 5 nitrogen and oxygen atoms in total. The van der Waals surface area contributed by atoms with E-state index in [1.54, 1.807) is 6.92 Å². The van der Waals surface area contributed by atoms with E-state index in [1.807, 2.05) is 0 Å². The first kappa shape index (κ1) is 10.3. The van der Waals surface area contributed by atoms with Gasteiger partial charge in [0.05, 0.1) is 0 Å². The number of aromatic nitrogens is 2. The van der Waals surface area contributed by atoms with E-state index in [-0.39, 0.29) is 12.1 Å². The first-order valence-electron chi connectivity index (χ1n) is 4.19. The van der Waals surface area contributed by atoms with Crippen molar-refractivity contribution in [3.05, 3.63) is 24.3 Å². The molecule has 1 atom stereocenters. The molecular weight excluding hydrogens is 184 g/mol. The number of carbonyl (C=O) groups excluding carboxylic acids is 1. The van der Waals surface area contributed by atoms with Crippen LogP contribution in [0.15, 0.2) is 18.6 Å². The van der Waals surface area contributed by atoms with Crippen LogP contribution in [0.1, 0.15) is 23.8 Å². The van der Waals surface area contributed by atoms with Crippen molar-refractivity contribution in [2.75, 3.05) is 0 Å². The zero-order valence-corrected chi connectivity index (χ0v) is 7.67. The van der Waals surface area contributed by atoms with E-state index >= 15 is 0 Å². The Kier molecular flexibility index (Phi) is 3.28. The second kappa shape index (κ2) is 4.45. The van der Waals surface area contributed by atoms with E-state index in [2.05, 4.69) is 9.97 Å². The molecule has 0 aliphatic rings. The zero-order valence-electron chi connectivity index (χ0n) is 7.67. The molecule has 0 bridgehead atoms. The molecule has 0 radical (unpaired) electrons. The predicted octanol–water partition coefficient (Wildman–Crippen LogP) is 0.770. The Morgan fingerprint density at radius 3 is 2.71 bits per heavy atom. The molecule has 1 rings (SSSR count). The van der Waals surface area contributed by atoms with Crippen LogP contribution < -0.4 is 0 Å². The van der Waals surface area contributed by atoms with Crippen molar-refractivity contribution in [1.82, 2.24) is 9.97 Å². The molecule has 0 spiro atoms. The quantitative estimate of drug-likeness (QED) is 0.565. The molecule has 0 aromatic carbocycles. The van der Waals surface area contributed by atoms with Gasteiger partial charge in [-0.3, -0.25) is 9.59 Å². The summed E-state index contributed by atoms with van der Waals surface area (Å²) in [5.41, 5.74) is 0.147. The number of ketones is 1. The minimum absolute atomic E-state index is 0.147. The fourth-order valence-corrected chi connectivity index (χ4v) is 1.09. The number of hydrogen-bond donors (Lipinski definition) is 1. The van der Waals surface area contributed by atoms with Gasteiger partial charge in [-0.15, -0.1) is 0 Å². The third-order valence-electron chi connectivity index (χ3n) is 1.86. The van der Waals surface area contributed by atoms with Crippen LogP contribution in [0.2, 0.25) is 0 Å². The average Bonchev–Trinajstić information content (AvgIpc) is 2.19. The molecule has 74 valence electrons. The maximum atomic E-state index is 11.5. The van der Waals surface area contributed by atoms with Gasteiger partial charge in [-0.25, -0.2) is 9.97 Å². The minimum atomic E-state index is -1.11. The summed E-state index contributed by atoms with van der Waals surface area (Å²) in [6.07, 6.45) is 2.90. The number of nitrogens with zero attached hydrogens (tertiary/aromatic N) is 2. The van der Waals surface area contributed by atoms with Crippen molar-refractivity contribution in [3.8, 4) is 0 Å². The molecule has 0 aliphatic heterocycles. The van der Waals surface area contributed by atoms with E-state index in [0.29, 0.717) is 0 Å². The summed E-state index contributed by atoms with van der Waals surface area (Å²) in [5.74, 6) is -2.59. The van der Waals surface area contributed by atoms with Crippen LogP contribution in [-0.4, -0.2) is 26.8 Å². The van der Waals surface area contributed by atoms with Gasteiger partial charge in [-0.2, -0.15) is 0 Å². The summed E-state index contributed by atoms with van der Waals surface area (Å²) in [7, 11) is 0. The lowest BCUT2D eigenvalue weighted by Gasteiger charge is -2.06. The number of rotatable bonds is 4. The summed E-state index contributed by atoms with van der Waals surface area (Å²) < 4.78 is 0. The first-order chi connectivity index (χ1) is 6.66. The summed E-state index contributed by atoms with van der Waals surface area (Å²) in [6, 6.07) is 1.41. The third kappa shape index (κ3) is 2.12. The van der Waals surface area contributed by atoms with Gasteiger partial charge in [0.1, 0.15) is 17.9 Å². The van der Waals surface area contributed by atoms with Crippen molar-refractivity contribution in [2.45, 2.75) is 13.3 Å². The van der Waals surface area contributed by atoms with Gasteiger partial charge in [0, 0.05) is 6.20 Å². The highest BCUT2D eigenvalue weighted by Crippen LogP contribution is 2.09. The highest BCUT2D eigenvalue weighted by Gasteiger charge is 2.25. The van der Waals surface area contributed by atoms with Crippen LogP contribution in [0.25, 0.3) is 0 Å². The topological polar surface area (TPSA) is 80.1 Å². The number of carbonyl (C=O) groups is 2. The zero-order chi connectivity index (χ0) is 10.6. The van der Waals surface area contributed by atoms with Gasteiger partial charge in [0.2, 0.25) is 0 Å². The minimum Gasteiger partial charge on any atom is -0.481 e. The smallest absolute Gasteiger partial charge is 0.314 e. The van der Waals surface area contributed by atoms with Crippen molar-refractivity contribution in [2.24, 2.45) is 5.92 Å².